The first-order valence-electron chi connectivity index (χ1n) is 5.95. The van der Waals surface area contributed by atoms with Gasteiger partial charge in [-0.3, -0.25) is 5.84 Å². The molecule has 0 bridgehead atoms. The Balaban J connectivity index is 2.14. The second kappa shape index (κ2) is 5.79. The first-order valence-corrected chi connectivity index (χ1v) is 7.94. The summed E-state index contributed by atoms with van der Waals surface area (Å²) in [4.78, 5) is 5.73. The SMILES string of the molecule is NNC(c1ccc(Cl)s1)c1nc2ccccc2cc1Br. The van der Waals surface area contributed by atoms with Crippen LogP contribution in [0.15, 0.2) is 46.9 Å². The molecule has 3 nitrogen and oxygen atoms in total. The number of rotatable bonds is 3. The van der Waals surface area contributed by atoms with Crippen LogP contribution < -0.4 is 11.3 Å². The van der Waals surface area contributed by atoms with E-state index in [0.29, 0.717) is 0 Å². The standard InChI is InChI=1S/C14H11BrClN3S/c15-9-7-8-3-1-2-4-10(8)18-13(9)14(19-17)11-5-6-12(16)20-11/h1-7,14,19H,17H2. The number of nitrogens with two attached hydrogens (primary N) is 1. The Bertz CT molecular complexity index is 759. The van der Waals surface area contributed by atoms with Crippen molar-refractivity contribution in [2.24, 2.45) is 5.84 Å². The molecular formula is C14H11BrClN3S. The van der Waals surface area contributed by atoms with E-state index < -0.39 is 0 Å². The number of fused-ring (bicyclic) bond motifs is 1. The molecule has 6 heteroatoms. The fourth-order valence-corrected chi connectivity index (χ4v) is 3.78. The molecular weight excluding hydrogens is 358 g/mol. The van der Waals surface area contributed by atoms with Gasteiger partial charge in [0.15, 0.2) is 0 Å². The molecule has 0 radical (unpaired) electrons. The molecule has 3 aromatic rings. The number of hydrogen-bond acceptors (Lipinski definition) is 4. The summed E-state index contributed by atoms with van der Waals surface area (Å²) in [5, 5.41) is 1.09. The van der Waals surface area contributed by atoms with E-state index in [1.54, 1.807) is 0 Å². The number of para-hydroxylation sites is 1. The molecule has 3 rings (SSSR count). The number of thiophene rings is 1. The van der Waals surface area contributed by atoms with E-state index in [-0.39, 0.29) is 6.04 Å². The smallest absolute Gasteiger partial charge is 0.0985 e. The van der Waals surface area contributed by atoms with E-state index in [1.165, 1.54) is 11.3 Å². The number of pyridine rings is 1. The van der Waals surface area contributed by atoms with Gasteiger partial charge in [0, 0.05) is 14.7 Å². The summed E-state index contributed by atoms with van der Waals surface area (Å²) < 4.78 is 1.65. The predicted molar refractivity (Wildman–Crippen MR) is 87.9 cm³/mol. The molecule has 0 aliphatic heterocycles. The van der Waals surface area contributed by atoms with Crippen LogP contribution in [0, 0.1) is 0 Å². The third-order valence-electron chi connectivity index (χ3n) is 3.02. The average molecular weight is 369 g/mol. The highest BCUT2D eigenvalue weighted by molar-refractivity contribution is 9.10. The molecule has 2 aromatic heterocycles. The van der Waals surface area contributed by atoms with Gasteiger partial charge in [0.2, 0.25) is 0 Å². The van der Waals surface area contributed by atoms with Crippen molar-refractivity contribution in [2.75, 3.05) is 0 Å². The molecule has 3 N–H and O–H groups in total. The van der Waals surface area contributed by atoms with Gasteiger partial charge in [-0.05, 0) is 40.2 Å². The third-order valence-corrected chi connectivity index (χ3v) is 4.95. The maximum Gasteiger partial charge on any atom is 0.0985 e. The Hall–Kier alpha value is -0.980. The summed E-state index contributed by atoms with van der Waals surface area (Å²) in [7, 11) is 0. The molecule has 102 valence electrons. The Morgan fingerprint density at radius 1 is 1.25 bits per heavy atom. The fraction of sp³-hybridized carbons (Fsp3) is 0.0714. The highest BCUT2D eigenvalue weighted by Crippen LogP contribution is 2.34. The molecule has 1 aromatic carbocycles. The number of hydrazine groups is 1. The number of halogens is 2. The van der Waals surface area contributed by atoms with Gasteiger partial charge in [-0.25, -0.2) is 10.4 Å². The van der Waals surface area contributed by atoms with Crippen LogP contribution >= 0.6 is 38.9 Å². The van der Waals surface area contributed by atoms with Crippen molar-refractivity contribution in [1.29, 1.82) is 0 Å². The maximum absolute atomic E-state index is 6.00. The zero-order valence-corrected chi connectivity index (χ0v) is 13.5. The van der Waals surface area contributed by atoms with Crippen molar-refractivity contribution in [3.8, 4) is 0 Å². The molecule has 20 heavy (non-hydrogen) atoms. The molecule has 2 heterocycles. The lowest BCUT2D eigenvalue weighted by Crippen LogP contribution is -2.29. The number of aromatic nitrogens is 1. The Morgan fingerprint density at radius 3 is 2.75 bits per heavy atom. The minimum atomic E-state index is -0.188. The van der Waals surface area contributed by atoms with E-state index in [9.17, 15) is 0 Å². The molecule has 0 aliphatic carbocycles. The molecule has 1 atom stereocenters. The van der Waals surface area contributed by atoms with Gasteiger partial charge >= 0.3 is 0 Å². The van der Waals surface area contributed by atoms with Crippen LogP contribution in [-0.4, -0.2) is 4.98 Å². The van der Waals surface area contributed by atoms with E-state index >= 15 is 0 Å². The summed E-state index contributed by atoms with van der Waals surface area (Å²) in [6.07, 6.45) is 0. The van der Waals surface area contributed by atoms with Gasteiger partial charge in [-0.2, -0.15) is 0 Å². The van der Waals surface area contributed by atoms with Crippen molar-refractivity contribution >= 4 is 49.8 Å². The van der Waals surface area contributed by atoms with E-state index in [2.05, 4.69) is 27.4 Å². The Morgan fingerprint density at radius 2 is 2.05 bits per heavy atom. The molecule has 0 saturated heterocycles. The van der Waals surface area contributed by atoms with Crippen LogP contribution in [0.3, 0.4) is 0 Å². The van der Waals surface area contributed by atoms with Crippen molar-refractivity contribution in [1.82, 2.24) is 10.4 Å². The topological polar surface area (TPSA) is 50.9 Å². The van der Waals surface area contributed by atoms with Crippen LogP contribution in [0.2, 0.25) is 4.34 Å². The zero-order chi connectivity index (χ0) is 14.1. The number of nitrogens with one attached hydrogen (secondary N) is 1. The molecule has 0 aliphatic rings. The minimum absolute atomic E-state index is 0.188. The summed E-state index contributed by atoms with van der Waals surface area (Å²) >= 11 is 11.1. The van der Waals surface area contributed by atoms with Gasteiger partial charge < -0.3 is 0 Å². The van der Waals surface area contributed by atoms with Crippen LogP contribution in [0.4, 0.5) is 0 Å². The van der Waals surface area contributed by atoms with Crippen molar-refractivity contribution in [2.45, 2.75) is 6.04 Å². The molecule has 0 fully saturated rings. The predicted octanol–water partition coefficient (Wildman–Crippen LogP) is 4.26. The van der Waals surface area contributed by atoms with Crippen LogP contribution in [-0.2, 0) is 0 Å². The average Bonchev–Trinajstić information content (AvgIpc) is 2.86. The first-order chi connectivity index (χ1) is 9.69. The molecule has 1 unspecified atom stereocenters. The van der Waals surface area contributed by atoms with Crippen molar-refractivity contribution in [3.63, 3.8) is 0 Å². The van der Waals surface area contributed by atoms with Crippen molar-refractivity contribution < 1.29 is 0 Å². The van der Waals surface area contributed by atoms with Gasteiger partial charge in [0.05, 0.1) is 21.6 Å². The third kappa shape index (κ3) is 2.60. The molecule has 0 spiro atoms. The van der Waals surface area contributed by atoms with E-state index in [1.807, 2.05) is 36.4 Å². The van der Waals surface area contributed by atoms with Crippen LogP contribution in [0.1, 0.15) is 16.6 Å². The van der Waals surface area contributed by atoms with Gasteiger partial charge in [-0.15, -0.1) is 11.3 Å². The number of hydrogen-bond donors (Lipinski definition) is 2. The Kier molecular flexibility index (Phi) is 4.05. The monoisotopic (exact) mass is 367 g/mol. The lowest BCUT2D eigenvalue weighted by atomic mass is 10.1. The second-order valence-electron chi connectivity index (χ2n) is 4.29. The van der Waals surface area contributed by atoms with Gasteiger partial charge in [0.1, 0.15) is 0 Å². The minimum Gasteiger partial charge on any atom is -0.270 e. The number of nitrogens with zero attached hydrogens (tertiary/aromatic N) is 1. The summed E-state index contributed by atoms with van der Waals surface area (Å²) in [6.45, 7) is 0. The summed E-state index contributed by atoms with van der Waals surface area (Å²) in [5.74, 6) is 5.71. The largest absolute Gasteiger partial charge is 0.270 e. The summed E-state index contributed by atoms with van der Waals surface area (Å²) in [5.41, 5.74) is 4.60. The quantitative estimate of drug-likeness (QED) is 0.536. The molecule has 0 amide bonds. The fourth-order valence-electron chi connectivity index (χ4n) is 2.09. The normalized spacial score (nSPS) is 12.8. The molecule has 0 saturated carbocycles. The van der Waals surface area contributed by atoms with E-state index in [4.69, 9.17) is 22.4 Å². The Labute approximate surface area is 133 Å². The highest BCUT2D eigenvalue weighted by Gasteiger charge is 2.19. The van der Waals surface area contributed by atoms with Crippen LogP contribution in [0.5, 0.6) is 0 Å². The second-order valence-corrected chi connectivity index (χ2v) is 6.89. The van der Waals surface area contributed by atoms with Gasteiger partial charge in [-0.1, -0.05) is 29.8 Å². The first kappa shape index (κ1) is 14.0. The van der Waals surface area contributed by atoms with Gasteiger partial charge in [0.25, 0.3) is 0 Å². The number of benzene rings is 1. The maximum atomic E-state index is 6.00. The van der Waals surface area contributed by atoms with E-state index in [0.717, 1.165) is 30.3 Å². The lowest BCUT2D eigenvalue weighted by molar-refractivity contribution is 0.629. The zero-order valence-electron chi connectivity index (χ0n) is 10.3. The van der Waals surface area contributed by atoms with Crippen molar-refractivity contribution in [3.05, 3.63) is 61.8 Å². The highest BCUT2D eigenvalue weighted by atomic mass is 79.9. The summed E-state index contributed by atoms with van der Waals surface area (Å²) in [6, 6.07) is 13.7. The van der Waals surface area contributed by atoms with Crippen LogP contribution in [0.25, 0.3) is 10.9 Å². The lowest BCUT2D eigenvalue weighted by Gasteiger charge is -2.16.